The van der Waals surface area contributed by atoms with Crippen LogP contribution in [0.3, 0.4) is 0 Å². The first-order valence-electron chi connectivity index (χ1n) is 17.5. The third-order valence-electron chi connectivity index (χ3n) is 12.5. The first-order valence-corrected chi connectivity index (χ1v) is 20.0. The van der Waals surface area contributed by atoms with Gasteiger partial charge in [-0.15, -0.1) is 0 Å². The molecule has 0 radical (unpaired) electrons. The lowest BCUT2D eigenvalue weighted by Gasteiger charge is -2.68. The molecule has 12 heteroatoms. The largest absolute Gasteiger partial charge is 0.455 e. The van der Waals surface area contributed by atoms with E-state index in [2.05, 4.69) is 20.8 Å². The second-order valence-corrected chi connectivity index (χ2v) is 19.8. The Labute approximate surface area is 289 Å². The van der Waals surface area contributed by atoms with E-state index < -0.39 is 90.5 Å². The topological polar surface area (TPSA) is 155 Å². The van der Waals surface area contributed by atoms with Crippen LogP contribution in [0, 0.1) is 16.7 Å². The third kappa shape index (κ3) is 5.62. The first-order chi connectivity index (χ1) is 22.9. The molecule has 3 fully saturated rings. The van der Waals surface area contributed by atoms with Crippen LogP contribution < -0.4 is 0 Å². The van der Waals surface area contributed by atoms with Gasteiger partial charge in [0.05, 0.1) is 35.7 Å². The quantitative estimate of drug-likeness (QED) is 0.160. The molecule has 1 heterocycles. The Kier molecular flexibility index (Phi) is 9.92. The lowest BCUT2D eigenvalue weighted by Crippen LogP contribution is -2.82. The standard InChI is InChI=1S/C37H52O11Si/c1-10-49(11-2,12-3)48-26-18-27-36(20-44-27,47-23(6)39)30-32(46-33(42)24-16-14-13-15-17-24)37(43)19-25(40)21(4)28(34(37,7)8)29(45-22(5)38)31(41)35(26,30)9/h13-17,25-27,29-30,32,40,43H,10-12,18-20H2,1-9H3/t25?,26?,27?,29?,30?,32?,35-,36?,37?/m1/s1. The molecule has 1 saturated heterocycles. The number of esters is 3. The summed E-state index contributed by atoms with van der Waals surface area (Å²) in [6.07, 6.45) is -6.04. The van der Waals surface area contributed by atoms with Crippen molar-refractivity contribution in [3.05, 3.63) is 47.0 Å². The average Bonchev–Trinajstić information content (AvgIpc) is 3.04. The Morgan fingerprint density at radius 3 is 2.10 bits per heavy atom. The minimum absolute atomic E-state index is 0.131. The van der Waals surface area contributed by atoms with Crippen LogP contribution in [0.25, 0.3) is 0 Å². The maximum Gasteiger partial charge on any atom is 0.338 e. The van der Waals surface area contributed by atoms with Gasteiger partial charge in [-0.2, -0.15) is 0 Å². The summed E-state index contributed by atoms with van der Waals surface area (Å²) in [4.78, 5) is 55.5. The normalized spacial score (nSPS) is 36.7. The molecule has 3 aliphatic carbocycles. The van der Waals surface area contributed by atoms with E-state index in [0.717, 1.165) is 18.1 Å². The van der Waals surface area contributed by atoms with E-state index in [0.29, 0.717) is 5.57 Å². The maximum atomic E-state index is 15.6. The minimum atomic E-state index is -2.48. The summed E-state index contributed by atoms with van der Waals surface area (Å²) in [6.45, 7) is 15.3. The zero-order chi connectivity index (χ0) is 36.3. The summed E-state index contributed by atoms with van der Waals surface area (Å²) >= 11 is 0. The summed E-state index contributed by atoms with van der Waals surface area (Å²) in [5.41, 5.74) is -5.83. The lowest BCUT2D eigenvalue weighted by molar-refractivity contribution is -0.344. The molecular formula is C37H52O11Si. The number of aliphatic hydroxyl groups excluding tert-OH is 1. The molecule has 49 heavy (non-hydrogen) atoms. The molecule has 1 aromatic carbocycles. The van der Waals surface area contributed by atoms with Gasteiger partial charge in [-0.3, -0.25) is 14.4 Å². The van der Waals surface area contributed by atoms with Gasteiger partial charge in [0, 0.05) is 32.1 Å². The monoisotopic (exact) mass is 700 g/mol. The van der Waals surface area contributed by atoms with Gasteiger partial charge in [0.25, 0.3) is 0 Å². The van der Waals surface area contributed by atoms with Gasteiger partial charge in [0.1, 0.15) is 17.8 Å². The molecule has 4 aliphatic rings. The number of ether oxygens (including phenoxy) is 4. The molecule has 2 bridgehead atoms. The number of ketones is 1. The average molecular weight is 701 g/mol. The summed E-state index contributed by atoms with van der Waals surface area (Å²) in [5, 5.41) is 24.8. The van der Waals surface area contributed by atoms with Crippen LogP contribution in [0.2, 0.25) is 18.1 Å². The van der Waals surface area contributed by atoms with Crippen molar-refractivity contribution in [3.8, 4) is 0 Å². The van der Waals surface area contributed by atoms with Crippen LogP contribution in [0.15, 0.2) is 41.5 Å². The number of Topliss-reactive ketones (excluding diaryl/α,β-unsaturated/α-hetero) is 1. The fourth-order valence-corrected chi connectivity index (χ4v) is 12.3. The van der Waals surface area contributed by atoms with E-state index in [1.54, 1.807) is 58.0 Å². The van der Waals surface area contributed by atoms with Crippen molar-refractivity contribution in [2.75, 3.05) is 6.61 Å². The van der Waals surface area contributed by atoms with Crippen molar-refractivity contribution < 1.29 is 52.8 Å². The molecular weight excluding hydrogens is 648 g/mol. The molecule has 1 aromatic rings. The number of carbonyl (C=O) groups excluding carboxylic acids is 4. The van der Waals surface area contributed by atoms with Crippen LogP contribution in [-0.4, -0.2) is 90.6 Å². The van der Waals surface area contributed by atoms with Gasteiger partial charge in [0.2, 0.25) is 0 Å². The molecule has 270 valence electrons. The Morgan fingerprint density at radius 2 is 1.59 bits per heavy atom. The smallest absolute Gasteiger partial charge is 0.338 e. The third-order valence-corrected chi connectivity index (χ3v) is 17.2. The number of rotatable bonds is 9. The molecule has 2 N–H and O–H groups in total. The van der Waals surface area contributed by atoms with Gasteiger partial charge in [-0.05, 0) is 55.3 Å². The van der Waals surface area contributed by atoms with Crippen LogP contribution in [0.4, 0.5) is 0 Å². The van der Waals surface area contributed by atoms with E-state index in [1.165, 1.54) is 13.8 Å². The van der Waals surface area contributed by atoms with Crippen molar-refractivity contribution >= 4 is 32.0 Å². The Bertz CT molecular complexity index is 1510. The molecule has 9 atom stereocenters. The van der Waals surface area contributed by atoms with Gasteiger partial charge >= 0.3 is 17.9 Å². The number of hydrogen-bond donors (Lipinski definition) is 2. The molecule has 8 unspecified atom stereocenters. The summed E-state index contributed by atoms with van der Waals surface area (Å²) < 4.78 is 31.9. The van der Waals surface area contributed by atoms with E-state index in [4.69, 9.17) is 23.4 Å². The highest BCUT2D eigenvalue weighted by atomic mass is 28.4. The molecule has 5 rings (SSSR count). The number of hydrogen-bond acceptors (Lipinski definition) is 11. The molecule has 0 spiro atoms. The first kappa shape index (κ1) is 37.4. The Hall–Kier alpha value is -2.90. The second-order valence-electron chi connectivity index (χ2n) is 15.1. The predicted molar refractivity (Wildman–Crippen MR) is 181 cm³/mol. The number of carbonyl (C=O) groups is 4. The fourth-order valence-electron chi connectivity index (χ4n) is 9.36. The van der Waals surface area contributed by atoms with Crippen LogP contribution in [0.5, 0.6) is 0 Å². The van der Waals surface area contributed by atoms with E-state index in [1.807, 2.05) is 0 Å². The van der Waals surface area contributed by atoms with Gasteiger partial charge in [-0.25, -0.2) is 4.79 Å². The van der Waals surface area contributed by atoms with Gasteiger partial charge in [-0.1, -0.05) is 52.8 Å². The van der Waals surface area contributed by atoms with Crippen molar-refractivity contribution in [1.82, 2.24) is 0 Å². The van der Waals surface area contributed by atoms with E-state index >= 15 is 4.79 Å². The SMILES string of the molecule is CC[Si](CC)(CC)OC1CC2OCC2(OC(C)=O)C2C(OC(=O)c3ccccc3)C3(O)CC(O)C(C)=C(C(OC(C)=O)C(=O)[C@]12C)C3(C)C. The number of benzene rings is 1. The van der Waals surface area contributed by atoms with Crippen molar-refractivity contribution in [3.63, 3.8) is 0 Å². The highest BCUT2D eigenvalue weighted by Crippen LogP contribution is 2.65. The zero-order valence-corrected chi connectivity index (χ0v) is 31.2. The zero-order valence-electron chi connectivity index (χ0n) is 30.2. The summed E-state index contributed by atoms with van der Waals surface area (Å²) in [7, 11) is -2.48. The van der Waals surface area contributed by atoms with Crippen LogP contribution in [-0.2, 0) is 37.8 Å². The van der Waals surface area contributed by atoms with Crippen molar-refractivity contribution in [2.45, 2.75) is 135 Å². The number of fused-ring (bicyclic) bond motifs is 5. The molecule has 0 amide bonds. The summed E-state index contributed by atoms with van der Waals surface area (Å²) in [5.74, 6) is -3.91. The fraction of sp³-hybridized carbons (Fsp3) is 0.676. The van der Waals surface area contributed by atoms with Gasteiger partial charge in [0.15, 0.2) is 25.8 Å². The molecule has 11 nitrogen and oxygen atoms in total. The van der Waals surface area contributed by atoms with Crippen LogP contribution >= 0.6 is 0 Å². The summed E-state index contributed by atoms with van der Waals surface area (Å²) in [6, 6.07) is 10.6. The maximum absolute atomic E-state index is 15.6. The molecule has 0 aromatic heterocycles. The van der Waals surface area contributed by atoms with Gasteiger partial charge < -0.3 is 33.6 Å². The van der Waals surface area contributed by atoms with Crippen molar-refractivity contribution in [2.24, 2.45) is 16.7 Å². The minimum Gasteiger partial charge on any atom is -0.455 e. The predicted octanol–water partition coefficient (Wildman–Crippen LogP) is 4.68. The van der Waals surface area contributed by atoms with E-state index in [9.17, 15) is 24.6 Å². The van der Waals surface area contributed by atoms with E-state index in [-0.39, 0.29) is 30.6 Å². The van der Waals surface area contributed by atoms with Crippen molar-refractivity contribution in [1.29, 1.82) is 0 Å². The highest BCUT2D eigenvalue weighted by Gasteiger charge is 2.78. The molecule has 1 aliphatic heterocycles. The van der Waals surface area contributed by atoms with Crippen LogP contribution in [0.1, 0.15) is 85.5 Å². The highest BCUT2D eigenvalue weighted by molar-refractivity contribution is 6.73. The lowest BCUT2D eigenvalue weighted by atomic mass is 9.44. The Balaban J connectivity index is 1.88. The second kappa shape index (κ2) is 13.0. The Morgan fingerprint density at radius 1 is 0.980 bits per heavy atom. The molecule has 2 saturated carbocycles. The number of aliphatic hydroxyl groups is 2.